The second-order valence-corrected chi connectivity index (χ2v) is 8.24. The van der Waals surface area contributed by atoms with Crippen LogP contribution in [0, 0.1) is 5.92 Å². The van der Waals surface area contributed by atoms with E-state index in [0.717, 1.165) is 5.56 Å². The number of nitrogens with one attached hydrogen (secondary N) is 2. The number of carbonyl (C=O) groups is 2. The predicted octanol–water partition coefficient (Wildman–Crippen LogP) is 2.43. The van der Waals surface area contributed by atoms with E-state index in [-0.39, 0.29) is 12.5 Å². The monoisotopic (exact) mass is 402 g/mol. The first-order valence-corrected chi connectivity index (χ1v) is 11.0. The molecule has 0 fully saturated rings. The smallest absolute Gasteiger partial charge is 0.408 e. The Labute approximate surface area is 159 Å². The third-order valence-corrected chi connectivity index (χ3v) is 5.47. The van der Waals surface area contributed by atoms with Crippen molar-refractivity contribution in [3.05, 3.63) is 35.9 Å². The van der Waals surface area contributed by atoms with Crippen molar-refractivity contribution in [1.82, 2.24) is 10.6 Å². The van der Waals surface area contributed by atoms with Crippen LogP contribution < -0.4 is 10.6 Å². The molecule has 0 heterocycles. The van der Waals surface area contributed by atoms with E-state index in [1.165, 1.54) is 0 Å². The molecule has 146 valence electrons. The van der Waals surface area contributed by atoms with Crippen LogP contribution in [0.2, 0.25) is 0 Å². The molecule has 0 spiro atoms. The van der Waals surface area contributed by atoms with Gasteiger partial charge in [0.25, 0.3) is 0 Å². The zero-order chi connectivity index (χ0) is 19.5. The zero-order valence-corrected chi connectivity index (χ0v) is 16.9. The topological polar surface area (TPSA) is 108 Å². The van der Waals surface area contributed by atoms with Gasteiger partial charge in [-0.2, -0.15) is 11.8 Å². The molecule has 2 atom stereocenters. The quantitative estimate of drug-likeness (QED) is 0.448. The Hall–Kier alpha value is -1.34. The van der Waals surface area contributed by atoms with Crippen LogP contribution in [0.15, 0.2) is 30.3 Å². The van der Waals surface area contributed by atoms with Crippen LogP contribution in [0.4, 0.5) is 4.79 Å². The molecule has 1 aromatic carbocycles. The molecule has 0 aromatic heterocycles. The van der Waals surface area contributed by atoms with Gasteiger partial charge < -0.3 is 25.2 Å². The molecule has 0 aliphatic heterocycles. The van der Waals surface area contributed by atoms with E-state index >= 15 is 0 Å². The van der Waals surface area contributed by atoms with Crippen molar-refractivity contribution in [2.24, 2.45) is 5.92 Å². The Morgan fingerprint density at radius 1 is 1.19 bits per heavy atom. The van der Waals surface area contributed by atoms with E-state index in [0.29, 0.717) is 12.2 Å². The fraction of sp³-hybridized carbons (Fsp3) is 0.529. The maximum atomic E-state index is 12.5. The minimum atomic E-state index is -2.31. The second kappa shape index (κ2) is 12.1. The van der Waals surface area contributed by atoms with Gasteiger partial charge in [-0.05, 0) is 29.9 Å². The molecule has 0 radical (unpaired) electrons. The number of benzene rings is 1. The van der Waals surface area contributed by atoms with Gasteiger partial charge in [-0.15, -0.1) is 0 Å². The van der Waals surface area contributed by atoms with E-state index in [1.807, 2.05) is 36.6 Å². The molecule has 0 aliphatic carbocycles. The second-order valence-electron chi connectivity index (χ2n) is 6.06. The summed E-state index contributed by atoms with van der Waals surface area (Å²) in [6, 6.07) is 8.43. The Bertz CT molecular complexity index is 551. The van der Waals surface area contributed by atoms with Crippen LogP contribution in [0.3, 0.4) is 0 Å². The fourth-order valence-electron chi connectivity index (χ4n) is 2.15. The average molecular weight is 402 g/mol. The highest BCUT2D eigenvalue weighted by Crippen LogP contribution is 2.33. The highest BCUT2D eigenvalue weighted by molar-refractivity contribution is 7.98. The molecule has 1 aromatic rings. The Kier molecular flexibility index (Phi) is 10.6. The van der Waals surface area contributed by atoms with Crippen molar-refractivity contribution < 1.29 is 24.1 Å². The van der Waals surface area contributed by atoms with Gasteiger partial charge in [-0.3, -0.25) is 4.79 Å². The molecule has 0 bridgehead atoms. The maximum absolute atomic E-state index is 12.5. The van der Waals surface area contributed by atoms with Crippen LogP contribution in [0.5, 0.6) is 0 Å². The first kappa shape index (κ1) is 22.7. The van der Waals surface area contributed by atoms with E-state index < -0.39 is 32.2 Å². The molecule has 9 heteroatoms. The van der Waals surface area contributed by atoms with Gasteiger partial charge in [0, 0.05) is 0 Å². The van der Waals surface area contributed by atoms with E-state index in [4.69, 9.17) is 4.74 Å². The zero-order valence-electron chi connectivity index (χ0n) is 15.2. The lowest BCUT2D eigenvalue weighted by Gasteiger charge is -2.26. The highest BCUT2D eigenvalue weighted by atomic mass is 32.2. The normalized spacial score (nSPS) is 13.3. The van der Waals surface area contributed by atoms with Crippen molar-refractivity contribution >= 4 is 32.1 Å². The van der Waals surface area contributed by atoms with Gasteiger partial charge in [0.2, 0.25) is 5.91 Å². The molecule has 0 saturated heterocycles. The summed E-state index contributed by atoms with van der Waals surface area (Å²) in [6.45, 7) is 3.67. The SMILES string of the molecule is CSCC[C@H](NC(=O)OCc1ccccc1)C(=O)NC(C(C)C)P(O)O. The number of amides is 2. The van der Waals surface area contributed by atoms with Crippen LogP contribution in [0.25, 0.3) is 0 Å². The van der Waals surface area contributed by atoms with Crippen molar-refractivity contribution in [1.29, 1.82) is 0 Å². The minimum Gasteiger partial charge on any atom is -0.445 e. The maximum Gasteiger partial charge on any atom is 0.408 e. The number of carbonyl (C=O) groups excluding carboxylic acids is 2. The summed E-state index contributed by atoms with van der Waals surface area (Å²) in [6.07, 6.45) is 1.62. The van der Waals surface area contributed by atoms with Crippen LogP contribution >= 0.6 is 20.1 Å². The Morgan fingerprint density at radius 3 is 2.38 bits per heavy atom. The Morgan fingerprint density at radius 2 is 1.85 bits per heavy atom. The van der Waals surface area contributed by atoms with Gasteiger partial charge in [0.1, 0.15) is 18.4 Å². The number of rotatable bonds is 10. The molecule has 0 aliphatic rings. The van der Waals surface area contributed by atoms with E-state index in [9.17, 15) is 19.4 Å². The summed E-state index contributed by atoms with van der Waals surface area (Å²) in [5, 5.41) is 5.18. The van der Waals surface area contributed by atoms with Crippen molar-refractivity contribution in [3.8, 4) is 0 Å². The first-order valence-electron chi connectivity index (χ1n) is 8.28. The third kappa shape index (κ3) is 8.36. The van der Waals surface area contributed by atoms with Gasteiger partial charge in [0.15, 0.2) is 8.38 Å². The van der Waals surface area contributed by atoms with Crippen LogP contribution in [-0.2, 0) is 16.1 Å². The van der Waals surface area contributed by atoms with Gasteiger partial charge >= 0.3 is 6.09 Å². The van der Waals surface area contributed by atoms with Crippen LogP contribution in [0.1, 0.15) is 25.8 Å². The first-order chi connectivity index (χ1) is 12.3. The third-order valence-electron chi connectivity index (χ3n) is 3.60. The summed E-state index contributed by atoms with van der Waals surface area (Å²) in [5.41, 5.74) is 0.846. The lowest BCUT2D eigenvalue weighted by Crippen LogP contribution is -2.50. The average Bonchev–Trinajstić information content (AvgIpc) is 2.61. The fourth-order valence-corrected chi connectivity index (χ4v) is 3.40. The lowest BCUT2D eigenvalue weighted by molar-refractivity contribution is -0.123. The standard InChI is InChI=1S/C17H27N2O5PS/c1-12(2)16(25(22)23)19-15(20)14(9-10-26-3)18-17(21)24-11-13-7-5-4-6-8-13/h4-8,12,14,16,22-23H,9-11H2,1-3H3,(H,18,21)(H,19,20)/t14-,16?/m0/s1. The predicted molar refractivity (Wildman–Crippen MR) is 105 cm³/mol. The molecule has 4 N–H and O–H groups in total. The summed E-state index contributed by atoms with van der Waals surface area (Å²) >= 11 is 1.55. The molecular weight excluding hydrogens is 375 g/mol. The van der Waals surface area contributed by atoms with E-state index in [2.05, 4.69) is 10.6 Å². The minimum absolute atomic E-state index is 0.108. The van der Waals surface area contributed by atoms with Gasteiger partial charge in [0.05, 0.1) is 0 Å². The molecule has 7 nitrogen and oxygen atoms in total. The van der Waals surface area contributed by atoms with Gasteiger partial charge in [-0.1, -0.05) is 44.2 Å². The number of ether oxygens (including phenoxy) is 1. The molecule has 2 amide bonds. The number of hydrogen-bond acceptors (Lipinski definition) is 6. The molecular formula is C17H27N2O5PS. The van der Waals surface area contributed by atoms with Gasteiger partial charge in [-0.25, -0.2) is 4.79 Å². The van der Waals surface area contributed by atoms with Crippen molar-refractivity contribution in [2.75, 3.05) is 12.0 Å². The number of hydrogen-bond donors (Lipinski definition) is 4. The largest absolute Gasteiger partial charge is 0.445 e. The van der Waals surface area contributed by atoms with Crippen LogP contribution in [-0.4, -0.2) is 45.6 Å². The Balaban J connectivity index is 2.63. The molecule has 1 unspecified atom stereocenters. The summed E-state index contributed by atoms with van der Waals surface area (Å²) in [7, 11) is -2.31. The molecule has 26 heavy (non-hydrogen) atoms. The number of thioether (sulfide) groups is 1. The van der Waals surface area contributed by atoms with E-state index in [1.54, 1.807) is 25.6 Å². The van der Waals surface area contributed by atoms with Crippen molar-refractivity contribution in [2.45, 2.75) is 38.7 Å². The molecule has 0 saturated carbocycles. The highest BCUT2D eigenvalue weighted by Gasteiger charge is 2.28. The number of alkyl carbamates (subject to hydrolysis) is 1. The lowest BCUT2D eigenvalue weighted by atomic mass is 10.2. The summed E-state index contributed by atoms with van der Waals surface area (Å²) in [4.78, 5) is 43.5. The van der Waals surface area contributed by atoms with Crippen molar-refractivity contribution in [3.63, 3.8) is 0 Å². The molecule has 1 rings (SSSR count). The summed E-state index contributed by atoms with van der Waals surface area (Å²) < 4.78 is 5.16. The summed E-state index contributed by atoms with van der Waals surface area (Å²) in [5.74, 6) is -0.691.